The summed E-state index contributed by atoms with van der Waals surface area (Å²) in [6.45, 7) is 7.16. The van der Waals surface area contributed by atoms with Crippen molar-refractivity contribution < 1.29 is 17.6 Å². The van der Waals surface area contributed by atoms with Crippen molar-refractivity contribution in [2.45, 2.75) is 70.4 Å². The van der Waals surface area contributed by atoms with Crippen molar-refractivity contribution in [3.63, 3.8) is 0 Å². The van der Waals surface area contributed by atoms with Gasteiger partial charge in [-0.05, 0) is 86.7 Å². The maximum Gasteiger partial charge on any atom is 0.287 e. The molecule has 8 nitrogen and oxygen atoms in total. The first-order chi connectivity index (χ1) is 16.1. The number of fused-ring (bicyclic) bond motifs is 2. The lowest BCUT2D eigenvalue weighted by Crippen LogP contribution is -2.58. The van der Waals surface area contributed by atoms with Gasteiger partial charge in [-0.15, -0.1) is 4.83 Å². The predicted octanol–water partition coefficient (Wildman–Crippen LogP) is 2.01. The lowest BCUT2D eigenvalue weighted by atomic mass is 9.67. The molecule has 1 aromatic rings. The van der Waals surface area contributed by atoms with Gasteiger partial charge in [0.05, 0.1) is 5.41 Å². The van der Waals surface area contributed by atoms with Crippen LogP contribution in [0.15, 0.2) is 18.2 Å². The van der Waals surface area contributed by atoms with Crippen LogP contribution in [-0.2, 0) is 27.0 Å². The molecule has 34 heavy (non-hydrogen) atoms. The Morgan fingerprint density at radius 1 is 1.18 bits per heavy atom. The van der Waals surface area contributed by atoms with Gasteiger partial charge in [0, 0.05) is 25.7 Å². The van der Waals surface area contributed by atoms with Gasteiger partial charge < -0.3 is 9.80 Å². The Labute approximate surface area is 202 Å². The number of hydrazine groups is 1. The summed E-state index contributed by atoms with van der Waals surface area (Å²) in [5.41, 5.74) is 3.68. The van der Waals surface area contributed by atoms with Gasteiger partial charge in [0.15, 0.2) is 0 Å². The molecule has 190 valence electrons. The molecule has 2 heterocycles. The van der Waals surface area contributed by atoms with Crippen LogP contribution in [0.2, 0.25) is 0 Å². The summed E-state index contributed by atoms with van der Waals surface area (Å²) in [7, 11) is -3.87. The van der Waals surface area contributed by atoms with E-state index in [1.54, 1.807) is 11.0 Å². The van der Waals surface area contributed by atoms with Gasteiger partial charge in [0.2, 0.25) is 5.91 Å². The molecule has 10 heteroatoms. The van der Waals surface area contributed by atoms with Crippen molar-refractivity contribution in [1.82, 2.24) is 20.1 Å². The lowest BCUT2D eigenvalue weighted by molar-refractivity contribution is -0.142. The first-order valence-electron chi connectivity index (χ1n) is 12.4. The quantitative estimate of drug-likeness (QED) is 0.396. The van der Waals surface area contributed by atoms with E-state index in [9.17, 15) is 17.6 Å². The highest BCUT2D eigenvalue weighted by Crippen LogP contribution is 2.44. The molecule has 0 unspecified atom stereocenters. The minimum Gasteiger partial charge on any atom is -0.336 e. The number of benzene rings is 1. The Kier molecular flexibility index (Phi) is 7.64. The van der Waals surface area contributed by atoms with Crippen LogP contribution in [0.5, 0.6) is 0 Å². The third-order valence-corrected chi connectivity index (χ3v) is 8.64. The lowest BCUT2D eigenvalue weighted by Gasteiger charge is -2.49. The summed E-state index contributed by atoms with van der Waals surface area (Å²) in [5, 5.41) is 4.94. The Morgan fingerprint density at radius 2 is 1.85 bits per heavy atom. The first-order valence-corrected chi connectivity index (χ1v) is 14.0. The largest absolute Gasteiger partial charge is 0.336 e. The molecule has 0 atom stereocenters. The van der Waals surface area contributed by atoms with Crippen molar-refractivity contribution >= 4 is 16.1 Å². The van der Waals surface area contributed by atoms with E-state index in [4.69, 9.17) is 5.14 Å². The smallest absolute Gasteiger partial charge is 0.287 e. The number of rotatable bonds is 7. The Morgan fingerprint density at radius 3 is 2.47 bits per heavy atom. The van der Waals surface area contributed by atoms with Crippen molar-refractivity contribution in [1.29, 1.82) is 0 Å². The van der Waals surface area contributed by atoms with Crippen LogP contribution >= 0.6 is 0 Å². The van der Waals surface area contributed by atoms with E-state index in [0.717, 1.165) is 36.1 Å². The summed E-state index contributed by atoms with van der Waals surface area (Å²) in [6.07, 6.45) is 6.43. The molecule has 1 spiro atoms. The molecule has 4 N–H and O–H groups in total. The molecule has 2 aliphatic heterocycles. The van der Waals surface area contributed by atoms with Gasteiger partial charge >= 0.3 is 0 Å². The summed E-state index contributed by atoms with van der Waals surface area (Å²) in [5.74, 6) is 1.30. The Hall–Kier alpha value is -1.59. The van der Waals surface area contributed by atoms with Gasteiger partial charge in [-0.3, -0.25) is 4.79 Å². The van der Waals surface area contributed by atoms with Crippen molar-refractivity contribution in [2.75, 3.05) is 26.2 Å². The fraction of sp³-hybridized carbons (Fsp3) is 0.708. The van der Waals surface area contributed by atoms with E-state index in [1.165, 1.54) is 37.8 Å². The molecule has 3 aliphatic rings. The topological polar surface area (TPSA) is 108 Å². The third kappa shape index (κ3) is 5.46. The SMILES string of the molecule is CC(C)C1CCC(N2CCC3(CC2)C(=O)N(CCNNS(N)(=O)=O)Cc2cc(F)ccc23)CC1. The highest BCUT2D eigenvalue weighted by molar-refractivity contribution is 7.87. The van der Waals surface area contributed by atoms with Crippen molar-refractivity contribution in [3.8, 4) is 0 Å². The van der Waals surface area contributed by atoms with Crippen molar-refractivity contribution in [3.05, 3.63) is 35.1 Å². The minimum absolute atomic E-state index is 0.0483. The van der Waals surface area contributed by atoms with Crippen LogP contribution < -0.4 is 15.4 Å². The van der Waals surface area contributed by atoms with E-state index in [-0.39, 0.29) is 18.3 Å². The summed E-state index contributed by atoms with van der Waals surface area (Å²) in [6, 6.07) is 5.38. The molecule has 0 bridgehead atoms. The van der Waals surface area contributed by atoms with E-state index in [1.807, 2.05) is 4.83 Å². The number of amides is 1. The molecule has 4 rings (SSSR count). The fourth-order valence-corrected chi connectivity index (χ4v) is 6.57. The number of nitrogens with zero attached hydrogens (tertiary/aromatic N) is 2. The second-order valence-electron chi connectivity index (χ2n) is 10.5. The highest BCUT2D eigenvalue weighted by Gasteiger charge is 2.49. The van der Waals surface area contributed by atoms with Crippen LogP contribution in [0.25, 0.3) is 0 Å². The molecular formula is C24H38FN5O3S. The third-order valence-electron chi connectivity index (χ3n) is 8.21. The number of hydrogen-bond acceptors (Lipinski definition) is 5. The predicted molar refractivity (Wildman–Crippen MR) is 129 cm³/mol. The van der Waals surface area contributed by atoms with Gasteiger partial charge in [-0.2, -0.15) is 8.42 Å². The number of nitrogens with one attached hydrogen (secondary N) is 2. The van der Waals surface area contributed by atoms with Gasteiger partial charge in [0.25, 0.3) is 10.2 Å². The maximum absolute atomic E-state index is 14.1. The summed E-state index contributed by atoms with van der Waals surface area (Å²) in [4.78, 5) is 20.1. The van der Waals surface area contributed by atoms with Crippen LogP contribution in [0.4, 0.5) is 4.39 Å². The second-order valence-corrected chi connectivity index (χ2v) is 11.8. The molecule has 2 fully saturated rings. The van der Waals surface area contributed by atoms with Crippen LogP contribution in [0.3, 0.4) is 0 Å². The second kappa shape index (κ2) is 10.2. The van der Waals surface area contributed by atoms with Crippen molar-refractivity contribution in [2.24, 2.45) is 17.0 Å². The average molecular weight is 496 g/mol. The van der Waals surface area contributed by atoms with Crippen LogP contribution in [0.1, 0.15) is 63.5 Å². The molecular weight excluding hydrogens is 457 g/mol. The number of carbonyl (C=O) groups is 1. The normalized spacial score (nSPS) is 25.7. The van der Waals surface area contributed by atoms with Gasteiger partial charge in [-0.25, -0.2) is 15.0 Å². The Bertz CT molecular complexity index is 986. The number of hydrogen-bond donors (Lipinski definition) is 3. The molecule has 0 radical (unpaired) electrons. The summed E-state index contributed by atoms with van der Waals surface area (Å²) >= 11 is 0. The monoisotopic (exact) mass is 495 g/mol. The number of likely N-dealkylation sites (tertiary alicyclic amines) is 1. The fourth-order valence-electron chi connectivity index (χ4n) is 6.27. The molecule has 1 amide bonds. The molecule has 0 aromatic heterocycles. The first kappa shape index (κ1) is 25.5. The van der Waals surface area contributed by atoms with E-state index >= 15 is 0 Å². The molecule has 1 aromatic carbocycles. The zero-order chi connectivity index (χ0) is 24.5. The minimum atomic E-state index is -3.87. The molecule has 1 saturated carbocycles. The van der Waals surface area contributed by atoms with Gasteiger partial charge in [-0.1, -0.05) is 19.9 Å². The molecule has 1 saturated heterocycles. The van der Waals surface area contributed by atoms with Crippen LogP contribution in [0, 0.1) is 17.7 Å². The maximum atomic E-state index is 14.1. The summed E-state index contributed by atoms with van der Waals surface area (Å²) < 4.78 is 36.3. The standard InChI is InChI=1S/C24H38FN5O3S/c1-17(2)18-3-6-21(7-4-18)29-12-9-24(10-13-29)22-8-5-20(25)15-19(22)16-30(23(24)31)14-11-27-28-34(26,32)33/h5,8,15,17-18,21,27-28H,3-4,6-7,9-14,16H2,1-2H3,(H2,26,32,33). The van der Waals surface area contributed by atoms with E-state index < -0.39 is 15.6 Å². The molecule has 1 aliphatic carbocycles. The van der Waals surface area contributed by atoms with E-state index in [0.29, 0.717) is 32.0 Å². The average Bonchev–Trinajstić information content (AvgIpc) is 2.79. The van der Waals surface area contributed by atoms with Gasteiger partial charge in [0.1, 0.15) is 5.82 Å². The highest BCUT2D eigenvalue weighted by atomic mass is 32.2. The number of nitrogens with two attached hydrogens (primary N) is 1. The number of halogens is 1. The zero-order valence-corrected chi connectivity index (χ0v) is 21.0. The zero-order valence-electron chi connectivity index (χ0n) is 20.2. The van der Waals surface area contributed by atoms with Crippen LogP contribution in [-0.4, -0.2) is 56.3 Å². The number of carbonyl (C=O) groups excluding carboxylic acids is 1. The van der Waals surface area contributed by atoms with E-state index in [2.05, 4.69) is 24.2 Å². The number of piperidine rings is 1. The Balaban J connectivity index is 1.46.